The SMILES string of the molecule is COC(=O)c1cccc(-c2ccc(/C=C3/C(=O)NN(c4cc(Cl)cc(Cl)c4)C3=O)o2)c1. The average molecular weight is 457 g/mol. The molecule has 31 heavy (non-hydrogen) atoms. The van der Waals surface area contributed by atoms with Crippen LogP contribution >= 0.6 is 23.2 Å². The van der Waals surface area contributed by atoms with E-state index in [1.165, 1.54) is 31.4 Å². The molecule has 1 fully saturated rings. The highest BCUT2D eigenvalue weighted by Crippen LogP contribution is 2.29. The van der Waals surface area contributed by atoms with Crippen molar-refractivity contribution in [3.8, 4) is 11.3 Å². The summed E-state index contributed by atoms with van der Waals surface area (Å²) in [5, 5.41) is 1.72. The second-order valence-electron chi connectivity index (χ2n) is 6.54. The number of carbonyl (C=O) groups is 3. The summed E-state index contributed by atoms with van der Waals surface area (Å²) in [6.45, 7) is 0. The zero-order valence-electron chi connectivity index (χ0n) is 16.0. The van der Waals surface area contributed by atoms with Gasteiger partial charge in [0, 0.05) is 15.6 Å². The van der Waals surface area contributed by atoms with E-state index in [9.17, 15) is 14.4 Å². The maximum Gasteiger partial charge on any atom is 0.337 e. The van der Waals surface area contributed by atoms with Gasteiger partial charge < -0.3 is 9.15 Å². The molecule has 7 nitrogen and oxygen atoms in total. The molecular weight excluding hydrogens is 443 g/mol. The molecule has 0 radical (unpaired) electrons. The van der Waals surface area contributed by atoms with Crippen LogP contribution in [0.2, 0.25) is 10.0 Å². The number of methoxy groups -OCH3 is 1. The van der Waals surface area contributed by atoms with E-state index < -0.39 is 17.8 Å². The first-order valence-electron chi connectivity index (χ1n) is 8.97. The summed E-state index contributed by atoms with van der Waals surface area (Å²) in [5.74, 6) is -0.879. The minimum Gasteiger partial charge on any atom is -0.465 e. The van der Waals surface area contributed by atoms with Crippen LogP contribution < -0.4 is 10.4 Å². The Morgan fingerprint density at radius 1 is 1.06 bits per heavy atom. The molecule has 0 saturated carbocycles. The largest absolute Gasteiger partial charge is 0.465 e. The van der Waals surface area contributed by atoms with E-state index in [4.69, 9.17) is 32.4 Å². The number of nitrogens with one attached hydrogen (secondary N) is 1. The van der Waals surface area contributed by atoms with Gasteiger partial charge in [-0.1, -0.05) is 35.3 Å². The number of esters is 1. The summed E-state index contributed by atoms with van der Waals surface area (Å²) >= 11 is 12.0. The number of rotatable bonds is 4. The zero-order valence-corrected chi connectivity index (χ0v) is 17.5. The summed E-state index contributed by atoms with van der Waals surface area (Å²) in [6, 6.07) is 14.5. The van der Waals surface area contributed by atoms with Crippen molar-refractivity contribution >= 4 is 52.7 Å². The van der Waals surface area contributed by atoms with Gasteiger partial charge in [-0.2, -0.15) is 0 Å². The lowest BCUT2D eigenvalue weighted by Gasteiger charge is -2.15. The smallest absolute Gasteiger partial charge is 0.337 e. The number of furan rings is 1. The van der Waals surface area contributed by atoms with E-state index in [-0.39, 0.29) is 5.57 Å². The fourth-order valence-electron chi connectivity index (χ4n) is 3.05. The van der Waals surface area contributed by atoms with E-state index in [2.05, 4.69) is 5.43 Å². The predicted octanol–water partition coefficient (Wildman–Crippen LogP) is 4.50. The molecule has 1 aliphatic heterocycles. The van der Waals surface area contributed by atoms with Crippen LogP contribution in [0.15, 0.2) is 64.6 Å². The molecule has 0 bridgehead atoms. The van der Waals surface area contributed by atoms with E-state index in [0.717, 1.165) is 5.01 Å². The lowest BCUT2D eigenvalue weighted by Crippen LogP contribution is -2.35. The normalized spacial score (nSPS) is 14.8. The molecule has 0 spiro atoms. The molecule has 1 N–H and O–H groups in total. The van der Waals surface area contributed by atoms with Crippen molar-refractivity contribution in [1.29, 1.82) is 0 Å². The van der Waals surface area contributed by atoms with Gasteiger partial charge in [-0.05, 0) is 48.5 Å². The van der Waals surface area contributed by atoms with E-state index in [1.807, 2.05) is 0 Å². The Balaban J connectivity index is 1.61. The number of ether oxygens (including phenoxy) is 1. The maximum atomic E-state index is 12.8. The van der Waals surface area contributed by atoms with Crippen LogP contribution in [0.5, 0.6) is 0 Å². The number of benzene rings is 2. The average Bonchev–Trinajstić information content (AvgIpc) is 3.33. The van der Waals surface area contributed by atoms with Gasteiger partial charge in [0.05, 0.1) is 18.4 Å². The first-order valence-corrected chi connectivity index (χ1v) is 9.73. The Hall–Kier alpha value is -3.55. The summed E-state index contributed by atoms with van der Waals surface area (Å²) < 4.78 is 10.5. The second-order valence-corrected chi connectivity index (χ2v) is 7.41. The minimum absolute atomic E-state index is 0.111. The summed E-state index contributed by atoms with van der Waals surface area (Å²) in [5.41, 5.74) is 3.71. The molecule has 2 heterocycles. The Morgan fingerprint density at radius 3 is 2.52 bits per heavy atom. The van der Waals surface area contributed by atoms with Crippen molar-refractivity contribution in [2.24, 2.45) is 0 Å². The first kappa shape index (κ1) is 20.7. The molecule has 0 atom stereocenters. The van der Waals surface area contributed by atoms with Crippen LogP contribution in [0.25, 0.3) is 17.4 Å². The molecule has 9 heteroatoms. The third-order valence-electron chi connectivity index (χ3n) is 4.48. The van der Waals surface area contributed by atoms with Gasteiger partial charge >= 0.3 is 5.97 Å². The van der Waals surface area contributed by atoms with Crippen LogP contribution in [-0.4, -0.2) is 24.9 Å². The fourth-order valence-corrected chi connectivity index (χ4v) is 3.57. The molecule has 0 aliphatic carbocycles. The maximum absolute atomic E-state index is 12.8. The van der Waals surface area contributed by atoms with Crippen LogP contribution in [0, 0.1) is 0 Å². The highest BCUT2D eigenvalue weighted by Gasteiger charge is 2.35. The van der Waals surface area contributed by atoms with Gasteiger partial charge in [0.15, 0.2) is 0 Å². The molecule has 2 aromatic carbocycles. The number of hydrazine groups is 1. The van der Waals surface area contributed by atoms with E-state index in [1.54, 1.807) is 36.4 Å². The summed E-state index contributed by atoms with van der Waals surface area (Å²) in [6.07, 6.45) is 1.34. The Morgan fingerprint density at radius 2 is 1.81 bits per heavy atom. The highest BCUT2D eigenvalue weighted by molar-refractivity contribution is 6.36. The van der Waals surface area contributed by atoms with Crippen LogP contribution in [0.3, 0.4) is 0 Å². The number of amides is 2. The minimum atomic E-state index is -0.591. The molecule has 2 amide bonds. The van der Waals surface area contributed by atoms with Gasteiger partial charge in [0.2, 0.25) is 0 Å². The molecule has 1 saturated heterocycles. The lowest BCUT2D eigenvalue weighted by atomic mass is 10.1. The molecule has 0 unspecified atom stereocenters. The van der Waals surface area contributed by atoms with Crippen molar-refractivity contribution < 1.29 is 23.5 Å². The first-order chi connectivity index (χ1) is 14.9. The van der Waals surface area contributed by atoms with Crippen molar-refractivity contribution in [2.75, 3.05) is 12.1 Å². The number of anilines is 1. The Labute approximate surface area is 186 Å². The van der Waals surface area contributed by atoms with Gasteiger partial charge in [0.1, 0.15) is 17.1 Å². The Bertz CT molecular complexity index is 1230. The summed E-state index contributed by atoms with van der Waals surface area (Å²) in [7, 11) is 1.30. The molecule has 156 valence electrons. The lowest BCUT2D eigenvalue weighted by molar-refractivity contribution is -0.117. The van der Waals surface area contributed by atoms with Crippen LogP contribution in [0.4, 0.5) is 5.69 Å². The monoisotopic (exact) mass is 456 g/mol. The van der Waals surface area contributed by atoms with E-state index >= 15 is 0 Å². The van der Waals surface area contributed by atoms with Crippen molar-refractivity contribution in [2.45, 2.75) is 0 Å². The van der Waals surface area contributed by atoms with Crippen LogP contribution in [0.1, 0.15) is 16.1 Å². The van der Waals surface area contributed by atoms with Crippen molar-refractivity contribution in [3.63, 3.8) is 0 Å². The molecular formula is C22H14Cl2N2O5. The topological polar surface area (TPSA) is 88.9 Å². The van der Waals surface area contributed by atoms with Gasteiger partial charge in [-0.25, -0.2) is 9.80 Å². The number of nitrogens with zero attached hydrogens (tertiary/aromatic N) is 1. The molecule has 1 aliphatic rings. The molecule has 3 aromatic rings. The van der Waals surface area contributed by atoms with Crippen molar-refractivity contribution in [1.82, 2.24) is 5.43 Å². The van der Waals surface area contributed by atoms with Crippen LogP contribution in [-0.2, 0) is 14.3 Å². The second kappa shape index (κ2) is 8.29. The number of halogens is 2. The molecule has 4 rings (SSSR count). The van der Waals surface area contributed by atoms with Gasteiger partial charge in [-0.15, -0.1) is 0 Å². The number of hydrogen-bond donors (Lipinski definition) is 1. The van der Waals surface area contributed by atoms with Gasteiger partial charge in [-0.3, -0.25) is 15.0 Å². The van der Waals surface area contributed by atoms with Crippen molar-refractivity contribution in [3.05, 3.63) is 81.5 Å². The summed E-state index contributed by atoms with van der Waals surface area (Å²) in [4.78, 5) is 36.9. The highest BCUT2D eigenvalue weighted by atomic mass is 35.5. The molecule has 1 aromatic heterocycles. The predicted molar refractivity (Wildman–Crippen MR) is 116 cm³/mol. The fraction of sp³-hybridized carbons (Fsp3) is 0.0455. The van der Waals surface area contributed by atoms with E-state index in [0.29, 0.717) is 38.4 Å². The quantitative estimate of drug-likeness (QED) is 0.354. The Kier molecular flexibility index (Phi) is 5.54. The van der Waals surface area contributed by atoms with Gasteiger partial charge in [0.25, 0.3) is 11.8 Å². The third kappa shape index (κ3) is 4.19. The standard InChI is InChI=1S/C22H14Cl2N2O5/c1-30-22(29)13-4-2-3-12(7-13)19-6-5-17(31-19)11-18-20(27)25-26(21(18)28)16-9-14(23)8-15(24)10-16/h2-11H,1H3,(H,25,27)/b18-11-. The zero-order chi connectivity index (χ0) is 22.1. The third-order valence-corrected chi connectivity index (χ3v) is 4.91. The number of hydrogen-bond acceptors (Lipinski definition) is 5. The number of carbonyl (C=O) groups excluding carboxylic acids is 3.